The number of esters is 1. The second-order valence-corrected chi connectivity index (χ2v) is 3.75. The highest BCUT2D eigenvalue weighted by Crippen LogP contribution is 2.22. The molecular weight excluding hydrogens is 290 g/mol. The average molecular weight is 316 g/mol. The standard InChI is InChI=1S/C12H14ClNO3.2C2H6/c1-17-12(16)8-14-6-2-3-9-7-10(13)4-5-11(9)15;2*1-2/h2-5,7,14-15H,6,8H2,1H3;2*1-2H3/b3-2+;;. The molecule has 0 bridgehead atoms. The van der Waals surface area contributed by atoms with E-state index in [1.807, 2.05) is 27.7 Å². The van der Waals surface area contributed by atoms with Gasteiger partial charge in [-0.05, 0) is 18.2 Å². The Labute approximate surface area is 132 Å². The molecule has 0 heterocycles. The summed E-state index contributed by atoms with van der Waals surface area (Å²) in [5, 5.41) is 12.9. The third-order valence-corrected chi connectivity index (χ3v) is 2.28. The third kappa shape index (κ3) is 10.9. The first-order valence-electron chi connectivity index (χ1n) is 7.06. The van der Waals surface area contributed by atoms with Gasteiger partial charge in [-0.25, -0.2) is 0 Å². The highest BCUT2D eigenvalue weighted by molar-refractivity contribution is 6.30. The summed E-state index contributed by atoms with van der Waals surface area (Å²) in [7, 11) is 1.34. The zero-order valence-electron chi connectivity index (χ0n) is 13.4. The molecule has 0 unspecified atom stereocenters. The van der Waals surface area contributed by atoms with Crippen molar-refractivity contribution < 1.29 is 14.6 Å². The van der Waals surface area contributed by atoms with Gasteiger partial charge in [0.15, 0.2) is 0 Å². The van der Waals surface area contributed by atoms with Gasteiger partial charge in [-0.1, -0.05) is 51.4 Å². The zero-order valence-corrected chi connectivity index (χ0v) is 14.2. The number of halogens is 1. The van der Waals surface area contributed by atoms with E-state index in [-0.39, 0.29) is 18.3 Å². The number of phenolic OH excluding ortho intramolecular Hbond substituents is 1. The molecular formula is C16H26ClNO3. The van der Waals surface area contributed by atoms with Gasteiger partial charge < -0.3 is 15.2 Å². The second kappa shape index (κ2) is 14.9. The number of benzene rings is 1. The number of carbonyl (C=O) groups excluding carboxylic acids is 1. The van der Waals surface area contributed by atoms with E-state index in [1.54, 1.807) is 24.3 Å². The van der Waals surface area contributed by atoms with E-state index in [9.17, 15) is 9.90 Å². The predicted molar refractivity (Wildman–Crippen MR) is 89.7 cm³/mol. The molecule has 0 aliphatic carbocycles. The fourth-order valence-corrected chi connectivity index (χ4v) is 1.36. The lowest BCUT2D eigenvalue weighted by Gasteiger charge is -2.01. The maximum absolute atomic E-state index is 10.8. The summed E-state index contributed by atoms with van der Waals surface area (Å²) < 4.78 is 4.47. The fourth-order valence-electron chi connectivity index (χ4n) is 1.17. The number of ether oxygens (including phenoxy) is 1. The summed E-state index contributed by atoms with van der Waals surface area (Å²) in [4.78, 5) is 10.8. The van der Waals surface area contributed by atoms with Crippen molar-refractivity contribution in [3.63, 3.8) is 0 Å². The number of nitrogens with one attached hydrogen (secondary N) is 1. The van der Waals surface area contributed by atoms with E-state index in [0.29, 0.717) is 17.1 Å². The normalized spacial score (nSPS) is 9.24. The van der Waals surface area contributed by atoms with Gasteiger partial charge in [-0.2, -0.15) is 0 Å². The molecule has 0 saturated carbocycles. The lowest BCUT2D eigenvalue weighted by Crippen LogP contribution is -2.23. The van der Waals surface area contributed by atoms with E-state index in [4.69, 9.17) is 11.6 Å². The fraction of sp³-hybridized carbons (Fsp3) is 0.438. The Morgan fingerprint density at radius 3 is 2.52 bits per heavy atom. The molecule has 0 aliphatic rings. The largest absolute Gasteiger partial charge is 0.507 e. The molecule has 0 aliphatic heterocycles. The van der Waals surface area contributed by atoms with E-state index in [0.717, 1.165) is 0 Å². The van der Waals surface area contributed by atoms with E-state index >= 15 is 0 Å². The predicted octanol–water partition coefficient (Wildman–Crippen LogP) is 3.87. The summed E-state index contributed by atoms with van der Waals surface area (Å²) in [5.41, 5.74) is 0.636. The first-order chi connectivity index (χ1) is 10.1. The Bertz CT molecular complexity index is 420. The minimum Gasteiger partial charge on any atom is -0.507 e. The Morgan fingerprint density at radius 2 is 1.95 bits per heavy atom. The number of aromatic hydroxyl groups is 1. The molecule has 1 aromatic rings. The topological polar surface area (TPSA) is 58.6 Å². The van der Waals surface area contributed by atoms with Crippen molar-refractivity contribution in [2.45, 2.75) is 27.7 Å². The van der Waals surface area contributed by atoms with Gasteiger partial charge in [0, 0.05) is 17.1 Å². The average Bonchev–Trinajstić information content (AvgIpc) is 2.53. The first-order valence-corrected chi connectivity index (χ1v) is 7.44. The van der Waals surface area contributed by atoms with E-state index in [2.05, 4.69) is 10.1 Å². The highest BCUT2D eigenvalue weighted by atomic mass is 35.5. The minimum absolute atomic E-state index is 0.155. The van der Waals surface area contributed by atoms with Gasteiger partial charge >= 0.3 is 5.97 Å². The Hall–Kier alpha value is -1.52. The summed E-state index contributed by atoms with van der Waals surface area (Å²) in [6.07, 6.45) is 3.51. The molecule has 0 spiro atoms. The highest BCUT2D eigenvalue weighted by Gasteiger charge is 1.98. The molecule has 120 valence electrons. The molecule has 1 rings (SSSR count). The SMILES string of the molecule is CC.CC.COC(=O)CNC/C=C/c1cc(Cl)ccc1O. The second-order valence-electron chi connectivity index (χ2n) is 3.31. The van der Waals surface area contributed by atoms with Crippen LogP contribution in [-0.2, 0) is 9.53 Å². The van der Waals surface area contributed by atoms with Crippen LogP contribution in [0.2, 0.25) is 5.02 Å². The molecule has 4 nitrogen and oxygen atoms in total. The van der Waals surface area contributed by atoms with Crippen molar-refractivity contribution in [1.29, 1.82) is 0 Å². The maximum atomic E-state index is 10.8. The monoisotopic (exact) mass is 315 g/mol. The molecule has 0 amide bonds. The lowest BCUT2D eigenvalue weighted by atomic mass is 10.2. The van der Waals surface area contributed by atoms with Crippen molar-refractivity contribution >= 4 is 23.6 Å². The van der Waals surface area contributed by atoms with Crippen LogP contribution in [0.1, 0.15) is 33.3 Å². The molecule has 0 radical (unpaired) electrons. The number of methoxy groups -OCH3 is 1. The Kier molecular flexibility index (Phi) is 15.4. The molecule has 21 heavy (non-hydrogen) atoms. The van der Waals surface area contributed by atoms with Gasteiger partial charge in [0.1, 0.15) is 5.75 Å². The lowest BCUT2D eigenvalue weighted by molar-refractivity contribution is -0.139. The van der Waals surface area contributed by atoms with Crippen LogP contribution in [0.3, 0.4) is 0 Å². The molecule has 0 atom stereocenters. The zero-order chi connectivity index (χ0) is 16.7. The van der Waals surface area contributed by atoms with Crippen LogP contribution in [0.4, 0.5) is 0 Å². The van der Waals surface area contributed by atoms with Gasteiger partial charge in [0.25, 0.3) is 0 Å². The molecule has 0 fully saturated rings. The van der Waals surface area contributed by atoms with Crippen molar-refractivity contribution in [2.24, 2.45) is 0 Å². The van der Waals surface area contributed by atoms with Crippen LogP contribution in [0.5, 0.6) is 5.75 Å². The van der Waals surface area contributed by atoms with Gasteiger partial charge in [-0.15, -0.1) is 0 Å². The number of carbonyl (C=O) groups is 1. The van der Waals surface area contributed by atoms with Crippen molar-refractivity contribution in [2.75, 3.05) is 20.2 Å². The molecule has 0 saturated heterocycles. The summed E-state index contributed by atoms with van der Waals surface area (Å²) in [6.45, 7) is 8.66. The summed E-state index contributed by atoms with van der Waals surface area (Å²) >= 11 is 5.80. The molecule has 0 aromatic heterocycles. The summed E-state index contributed by atoms with van der Waals surface area (Å²) in [5.74, 6) is -0.150. The summed E-state index contributed by atoms with van der Waals surface area (Å²) in [6, 6.07) is 4.81. The van der Waals surface area contributed by atoms with Gasteiger partial charge in [0.05, 0.1) is 13.7 Å². The number of phenols is 1. The number of hydrogen-bond donors (Lipinski definition) is 2. The Balaban J connectivity index is 0. The van der Waals surface area contributed by atoms with Gasteiger partial charge in [-0.3, -0.25) is 4.79 Å². The number of rotatable bonds is 5. The molecule has 5 heteroatoms. The van der Waals surface area contributed by atoms with Crippen LogP contribution in [-0.4, -0.2) is 31.3 Å². The molecule has 2 N–H and O–H groups in total. The minimum atomic E-state index is -0.316. The van der Waals surface area contributed by atoms with Crippen LogP contribution < -0.4 is 5.32 Å². The van der Waals surface area contributed by atoms with Crippen LogP contribution in [0.25, 0.3) is 6.08 Å². The maximum Gasteiger partial charge on any atom is 0.319 e. The van der Waals surface area contributed by atoms with E-state index < -0.39 is 0 Å². The smallest absolute Gasteiger partial charge is 0.319 e. The molecule has 1 aromatic carbocycles. The first kappa shape index (κ1) is 21.8. The Morgan fingerprint density at radius 1 is 1.33 bits per heavy atom. The quantitative estimate of drug-likeness (QED) is 0.639. The van der Waals surface area contributed by atoms with Crippen molar-refractivity contribution in [3.05, 3.63) is 34.9 Å². The van der Waals surface area contributed by atoms with Gasteiger partial charge in [0.2, 0.25) is 0 Å². The van der Waals surface area contributed by atoms with E-state index in [1.165, 1.54) is 13.2 Å². The number of hydrogen-bond acceptors (Lipinski definition) is 4. The van der Waals surface area contributed by atoms with Crippen molar-refractivity contribution in [3.8, 4) is 5.75 Å². The van der Waals surface area contributed by atoms with Crippen molar-refractivity contribution in [1.82, 2.24) is 5.32 Å². The van der Waals surface area contributed by atoms with Crippen LogP contribution >= 0.6 is 11.6 Å². The van der Waals surface area contributed by atoms with Crippen LogP contribution in [0.15, 0.2) is 24.3 Å². The van der Waals surface area contributed by atoms with Crippen LogP contribution in [0, 0.1) is 0 Å². The third-order valence-electron chi connectivity index (χ3n) is 2.05.